The fourth-order valence-electron chi connectivity index (χ4n) is 4.16. The Hall–Kier alpha value is -2.57. The highest BCUT2D eigenvalue weighted by molar-refractivity contribution is 7.98. The van der Waals surface area contributed by atoms with Gasteiger partial charge in [-0.2, -0.15) is 13.2 Å². The summed E-state index contributed by atoms with van der Waals surface area (Å²) in [6.07, 6.45) is -1.21. The van der Waals surface area contributed by atoms with Crippen LogP contribution < -0.4 is 16.4 Å². The standard InChI is InChI=1S/C24H28F3N3O4S2/c1-35-19-7-9-20(10-8-19)36(33,34)14-16-5-6-18(28)12-21(16)30-22(31)13-29-23(32)15-3-2-4-17(11-15)24(25,26)27/h2-4,7-11,16,18,21H,5-6,12-14,28H2,1H3,(H,29,32)(H,30,31)/t16-,18-,21-/m0/s1. The first kappa shape index (κ1) is 28.0. The SMILES string of the molecule is CSc1ccc(S(=O)(=O)C[C@@H]2CC[C@H](N)C[C@@H]2NC(=O)CNC(=O)c2cccc(C(F)(F)F)c2)cc1. The van der Waals surface area contributed by atoms with E-state index in [1.165, 1.54) is 17.8 Å². The smallest absolute Gasteiger partial charge is 0.351 e. The number of thioether (sulfide) groups is 1. The molecule has 3 rings (SSSR count). The molecule has 0 spiro atoms. The summed E-state index contributed by atoms with van der Waals surface area (Å²) in [4.78, 5) is 25.9. The number of hydrogen-bond acceptors (Lipinski definition) is 6. The van der Waals surface area contributed by atoms with Crippen LogP contribution in [0.1, 0.15) is 35.2 Å². The maximum atomic E-state index is 13.0. The molecule has 1 fully saturated rings. The van der Waals surface area contributed by atoms with Gasteiger partial charge in [0.1, 0.15) is 0 Å². The molecule has 0 unspecified atom stereocenters. The van der Waals surface area contributed by atoms with Crippen LogP contribution in [0.4, 0.5) is 13.2 Å². The van der Waals surface area contributed by atoms with Gasteiger partial charge in [0.2, 0.25) is 5.91 Å². The van der Waals surface area contributed by atoms with Gasteiger partial charge in [0.05, 0.1) is 22.8 Å². The van der Waals surface area contributed by atoms with E-state index < -0.39 is 46.0 Å². The molecule has 0 aliphatic heterocycles. The van der Waals surface area contributed by atoms with Crippen LogP contribution in [0.3, 0.4) is 0 Å². The third kappa shape index (κ3) is 7.47. The van der Waals surface area contributed by atoms with E-state index in [1.807, 2.05) is 6.26 Å². The van der Waals surface area contributed by atoms with Gasteiger partial charge in [-0.3, -0.25) is 9.59 Å². The molecule has 0 heterocycles. The van der Waals surface area contributed by atoms with Gasteiger partial charge < -0.3 is 16.4 Å². The second-order valence-electron chi connectivity index (χ2n) is 8.73. The predicted octanol–water partition coefficient (Wildman–Crippen LogP) is 3.24. The second kappa shape index (κ2) is 11.7. The van der Waals surface area contributed by atoms with Crippen molar-refractivity contribution >= 4 is 33.4 Å². The van der Waals surface area contributed by atoms with E-state index in [9.17, 15) is 31.2 Å². The van der Waals surface area contributed by atoms with E-state index >= 15 is 0 Å². The van der Waals surface area contributed by atoms with Crippen LogP contribution in [-0.4, -0.2) is 50.9 Å². The predicted molar refractivity (Wildman–Crippen MR) is 131 cm³/mol. The van der Waals surface area contributed by atoms with Gasteiger partial charge >= 0.3 is 6.18 Å². The molecular formula is C24H28F3N3O4S2. The topological polar surface area (TPSA) is 118 Å². The highest BCUT2D eigenvalue weighted by atomic mass is 32.2. The number of rotatable bonds is 8. The number of carbonyl (C=O) groups is 2. The molecule has 3 atom stereocenters. The number of sulfone groups is 1. The molecule has 7 nitrogen and oxygen atoms in total. The van der Waals surface area contributed by atoms with Crippen molar-refractivity contribution in [2.75, 3.05) is 18.6 Å². The highest BCUT2D eigenvalue weighted by Crippen LogP contribution is 2.30. The van der Waals surface area contributed by atoms with Crippen LogP contribution in [0.2, 0.25) is 0 Å². The van der Waals surface area contributed by atoms with E-state index in [2.05, 4.69) is 10.6 Å². The molecule has 36 heavy (non-hydrogen) atoms. The fraction of sp³-hybridized carbons (Fsp3) is 0.417. The molecule has 2 aromatic rings. The first-order valence-electron chi connectivity index (χ1n) is 11.3. The lowest BCUT2D eigenvalue weighted by molar-refractivity contribution is -0.137. The van der Waals surface area contributed by atoms with Gasteiger partial charge in [-0.15, -0.1) is 11.8 Å². The summed E-state index contributed by atoms with van der Waals surface area (Å²) >= 11 is 1.50. The van der Waals surface area contributed by atoms with Gasteiger partial charge in [0.25, 0.3) is 5.91 Å². The van der Waals surface area contributed by atoms with Crippen LogP contribution in [-0.2, 0) is 20.8 Å². The third-order valence-electron chi connectivity index (χ3n) is 6.09. The van der Waals surface area contributed by atoms with Gasteiger partial charge in [-0.05, 0) is 73.9 Å². The van der Waals surface area contributed by atoms with Gasteiger partial charge in [0, 0.05) is 22.5 Å². The second-order valence-corrected chi connectivity index (χ2v) is 11.6. The molecule has 4 N–H and O–H groups in total. The zero-order valence-electron chi connectivity index (χ0n) is 19.5. The van der Waals surface area contributed by atoms with Gasteiger partial charge in [0.15, 0.2) is 9.84 Å². The minimum Gasteiger partial charge on any atom is -0.351 e. The lowest BCUT2D eigenvalue weighted by Gasteiger charge is -2.35. The van der Waals surface area contributed by atoms with E-state index in [4.69, 9.17) is 5.73 Å². The van der Waals surface area contributed by atoms with Gasteiger partial charge in [-0.1, -0.05) is 6.07 Å². The largest absolute Gasteiger partial charge is 0.416 e. The normalized spacial score (nSPS) is 20.5. The van der Waals surface area contributed by atoms with Crippen molar-refractivity contribution in [2.45, 2.75) is 47.3 Å². The Labute approximate surface area is 212 Å². The number of halogens is 3. The average Bonchev–Trinajstić information content (AvgIpc) is 2.83. The fourth-order valence-corrected chi connectivity index (χ4v) is 6.27. The first-order valence-corrected chi connectivity index (χ1v) is 14.1. The van der Waals surface area contributed by atoms with Crippen LogP contribution in [0.15, 0.2) is 58.3 Å². The summed E-state index contributed by atoms with van der Waals surface area (Å²) in [5.41, 5.74) is 4.86. The average molecular weight is 544 g/mol. The number of hydrogen-bond donors (Lipinski definition) is 3. The number of nitrogens with one attached hydrogen (secondary N) is 2. The molecule has 0 saturated heterocycles. The maximum absolute atomic E-state index is 13.0. The summed E-state index contributed by atoms with van der Waals surface area (Å²) in [7, 11) is -3.61. The summed E-state index contributed by atoms with van der Waals surface area (Å²) in [6, 6.07) is 9.75. The van der Waals surface area contributed by atoms with Crippen LogP contribution in [0.5, 0.6) is 0 Å². The van der Waals surface area contributed by atoms with E-state index in [1.54, 1.807) is 24.3 Å². The number of benzene rings is 2. The Morgan fingerprint density at radius 3 is 2.44 bits per heavy atom. The Bertz CT molecular complexity index is 1190. The summed E-state index contributed by atoms with van der Waals surface area (Å²) in [6.45, 7) is -0.476. The van der Waals surface area contributed by atoms with E-state index in [-0.39, 0.29) is 28.2 Å². The summed E-state index contributed by atoms with van der Waals surface area (Å²) in [5, 5.41) is 5.06. The van der Waals surface area contributed by atoms with Crippen molar-refractivity contribution in [1.82, 2.24) is 10.6 Å². The maximum Gasteiger partial charge on any atom is 0.416 e. The molecule has 0 bridgehead atoms. The molecule has 0 radical (unpaired) electrons. The van der Waals surface area contributed by atoms with Crippen molar-refractivity contribution < 1.29 is 31.2 Å². The van der Waals surface area contributed by atoms with Gasteiger partial charge in [-0.25, -0.2) is 8.42 Å². The van der Waals surface area contributed by atoms with Crippen LogP contribution in [0, 0.1) is 5.92 Å². The Morgan fingerprint density at radius 1 is 1.11 bits per heavy atom. The number of amides is 2. The number of nitrogens with two attached hydrogens (primary N) is 1. The minimum atomic E-state index is -4.60. The molecule has 12 heteroatoms. The van der Waals surface area contributed by atoms with E-state index in [0.29, 0.717) is 25.3 Å². The number of carbonyl (C=O) groups excluding carboxylic acids is 2. The third-order valence-corrected chi connectivity index (χ3v) is 8.69. The molecule has 2 aromatic carbocycles. The molecule has 2 amide bonds. The van der Waals surface area contributed by atoms with Crippen molar-refractivity contribution in [3.05, 3.63) is 59.7 Å². The summed E-state index contributed by atoms with van der Waals surface area (Å²) in [5.74, 6) is -1.96. The molecule has 0 aromatic heterocycles. The lowest BCUT2D eigenvalue weighted by atomic mass is 9.83. The Kier molecular flexibility index (Phi) is 9.07. The highest BCUT2D eigenvalue weighted by Gasteiger charge is 2.34. The van der Waals surface area contributed by atoms with E-state index in [0.717, 1.165) is 17.0 Å². The van der Waals surface area contributed by atoms with Crippen LogP contribution in [0.25, 0.3) is 0 Å². The van der Waals surface area contributed by atoms with Crippen LogP contribution >= 0.6 is 11.8 Å². The van der Waals surface area contributed by atoms with Crippen molar-refractivity contribution in [2.24, 2.45) is 11.7 Å². The molecule has 196 valence electrons. The van der Waals surface area contributed by atoms with Crippen molar-refractivity contribution in [3.63, 3.8) is 0 Å². The first-order chi connectivity index (χ1) is 16.9. The Balaban J connectivity index is 1.62. The zero-order valence-corrected chi connectivity index (χ0v) is 21.2. The molecule has 1 saturated carbocycles. The Morgan fingerprint density at radius 2 is 1.81 bits per heavy atom. The summed E-state index contributed by atoms with van der Waals surface area (Å²) < 4.78 is 64.6. The molecule has 1 aliphatic carbocycles. The van der Waals surface area contributed by atoms with Crippen molar-refractivity contribution in [3.8, 4) is 0 Å². The molecule has 1 aliphatic rings. The number of alkyl halides is 3. The minimum absolute atomic E-state index is 0.167. The lowest BCUT2D eigenvalue weighted by Crippen LogP contribution is -2.51. The quantitative estimate of drug-likeness (QED) is 0.440. The monoisotopic (exact) mass is 543 g/mol. The van der Waals surface area contributed by atoms with Crippen molar-refractivity contribution in [1.29, 1.82) is 0 Å². The molecular weight excluding hydrogens is 515 g/mol. The zero-order chi connectivity index (χ0) is 26.5.